The molecule has 2 N–H and O–H groups in total. The molecular weight excluding hydrogens is 417 g/mol. The van der Waals surface area contributed by atoms with Crippen LogP contribution in [0.25, 0.3) is 21.8 Å². The van der Waals surface area contributed by atoms with E-state index >= 15 is 0 Å². The summed E-state index contributed by atoms with van der Waals surface area (Å²) in [5.74, 6) is 0. The van der Waals surface area contributed by atoms with Crippen molar-refractivity contribution in [2.24, 2.45) is 0 Å². The first kappa shape index (κ1) is 21.1. The van der Waals surface area contributed by atoms with E-state index in [0.717, 1.165) is 36.9 Å². The minimum Gasteiger partial charge on any atom is -0.390 e. The van der Waals surface area contributed by atoms with Crippen LogP contribution in [0.2, 0.25) is 0 Å². The molecule has 0 amide bonds. The summed E-state index contributed by atoms with van der Waals surface area (Å²) in [7, 11) is -4.13. The van der Waals surface area contributed by atoms with Crippen LogP contribution >= 0.6 is 0 Å². The van der Waals surface area contributed by atoms with Crippen molar-refractivity contribution in [3.05, 3.63) is 41.5 Å². The molecule has 162 valence electrons. The topological polar surface area (TPSA) is 71.3 Å². The maximum Gasteiger partial charge on any atom is 0.417 e. The first-order valence-corrected chi connectivity index (χ1v) is 11.6. The minimum absolute atomic E-state index is 0.331. The van der Waals surface area contributed by atoms with E-state index < -0.39 is 32.6 Å². The van der Waals surface area contributed by atoms with Crippen molar-refractivity contribution in [1.82, 2.24) is 9.88 Å². The van der Waals surface area contributed by atoms with Gasteiger partial charge in [-0.2, -0.15) is 13.2 Å². The number of aromatic nitrogens is 1. The van der Waals surface area contributed by atoms with Gasteiger partial charge in [-0.25, -0.2) is 8.42 Å². The number of fused-ring (bicyclic) bond motifs is 3. The molecule has 30 heavy (non-hydrogen) atoms. The zero-order valence-electron chi connectivity index (χ0n) is 16.6. The first-order chi connectivity index (χ1) is 14.0. The fourth-order valence-electron chi connectivity index (χ4n) is 4.39. The van der Waals surface area contributed by atoms with Gasteiger partial charge < -0.3 is 15.0 Å². The van der Waals surface area contributed by atoms with Gasteiger partial charge in [0.25, 0.3) is 0 Å². The molecule has 5 nitrogen and oxygen atoms in total. The van der Waals surface area contributed by atoms with Crippen LogP contribution in [0.5, 0.6) is 0 Å². The van der Waals surface area contributed by atoms with E-state index in [1.54, 1.807) is 6.07 Å². The van der Waals surface area contributed by atoms with Crippen LogP contribution in [0.15, 0.2) is 35.2 Å². The number of nitrogens with zero attached hydrogens (tertiary/aromatic N) is 1. The zero-order valence-corrected chi connectivity index (χ0v) is 17.4. The van der Waals surface area contributed by atoms with E-state index in [-0.39, 0.29) is 6.04 Å². The van der Waals surface area contributed by atoms with Gasteiger partial charge >= 0.3 is 6.18 Å². The highest BCUT2D eigenvalue weighted by Gasteiger charge is 2.38. The average Bonchev–Trinajstić information content (AvgIpc) is 2.78. The fourth-order valence-corrected chi connectivity index (χ4v) is 5.29. The molecule has 2 aromatic carbocycles. The molecule has 1 unspecified atom stereocenters. The molecular formula is C21H23F3N2O3S. The Balaban J connectivity index is 2.15. The summed E-state index contributed by atoms with van der Waals surface area (Å²) in [4.78, 5) is -0.746. The number of rotatable bonds is 2. The Morgan fingerprint density at radius 3 is 2.50 bits per heavy atom. The third-order valence-corrected chi connectivity index (χ3v) is 6.88. The second-order valence-corrected chi connectivity index (χ2v) is 9.99. The predicted octanol–water partition coefficient (Wildman–Crippen LogP) is 3.81. The summed E-state index contributed by atoms with van der Waals surface area (Å²) >= 11 is 0. The van der Waals surface area contributed by atoms with Gasteiger partial charge in [-0.05, 0) is 50.6 Å². The van der Waals surface area contributed by atoms with Gasteiger partial charge in [0, 0.05) is 29.1 Å². The van der Waals surface area contributed by atoms with E-state index in [1.807, 2.05) is 23.6 Å². The van der Waals surface area contributed by atoms with Gasteiger partial charge in [0.05, 0.1) is 28.1 Å². The monoisotopic (exact) mass is 440 g/mol. The van der Waals surface area contributed by atoms with Crippen LogP contribution in [-0.2, 0) is 16.0 Å². The number of hydrogen-bond acceptors (Lipinski definition) is 4. The number of nitrogens with one attached hydrogen (secondary N) is 1. The van der Waals surface area contributed by atoms with Gasteiger partial charge in [0.1, 0.15) is 0 Å². The lowest BCUT2D eigenvalue weighted by Crippen LogP contribution is -2.31. The van der Waals surface area contributed by atoms with Crippen LogP contribution in [0, 0.1) is 6.92 Å². The van der Waals surface area contributed by atoms with Gasteiger partial charge in [-0.3, -0.25) is 0 Å². The number of alkyl halides is 3. The number of β-amino-alcohol motifs (C(OH)–C–C–N with tert-alkyl or cyclic N) is 1. The molecule has 0 bridgehead atoms. The van der Waals surface area contributed by atoms with E-state index in [2.05, 4.69) is 5.32 Å². The lowest BCUT2D eigenvalue weighted by molar-refractivity contribution is -0.139. The minimum atomic E-state index is -4.81. The van der Waals surface area contributed by atoms with Gasteiger partial charge in [-0.1, -0.05) is 11.6 Å². The summed E-state index contributed by atoms with van der Waals surface area (Å²) in [5.41, 5.74) is 0.779. The lowest BCUT2D eigenvalue weighted by atomic mass is 10.1. The van der Waals surface area contributed by atoms with Gasteiger partial charge in [0.2, 0.25) is 0 Å². The zero-order chi connectivity index (χ0) is 21.8. The third-order valence-electron chi connectivity index (χ3n) is 5.75. The second kappa shape index (κ2) is 7.25. The highest BCUT2D eigenvalue weighted by atomic mass is 32.2. The van der Waals surface area contributed by atoms with Gasteiger partial charge in [0.15, 0.2) is 9.84 Å². The van der Waals surface area contributed by atoms with Crippen molar-refractivity contribution < 1.29 is 26.7 Å². The van der Waals surface area contributed by atoms with Crippen molar-refractivity contribution in [2.45, 2.75) is 43.0 Å². The molecule has 1 saturated heterocycles. The van der Waals surface area contributed by atoms with E-state index in [4.69, 9.17) is 0 Å². The van der Waals surface area contributed by atoms with Gasteiger partial charge in [-0.15, -0.1) is 0 Å². The molecule has 3 aromatic rings. The van der Waals surface area contributed by atoms with Crippen LogP contribution in [-0.4, -0.2) is 43.5 Å². The quantitative estimate of drug-likeness (QED) is 0.636. The molecule has 4 rings (SSSR count). The Bertz CT molecular complexity index is 1230. The van der Waals surface area contributed by atoms with Crippen LogP contribution in [0.3, 0.4) is 0 Å². The Labute approximate surface area is 172 Å². The maximum absolute atomic E-state index is 13.7. The molecule has 1 aromatic heterocycles. The number of sulfone groups is 1. The first-order valence-electron chi connectivity index (χ1n) is 9.73. The summed E-state index contributed by atoms with van der Waals surface area (Å²) in [6, 6.07) is 7.16. The molecule has 0 radical (unpaired) electrons. The molecule has 2 heterocycles. The molecule has 0 aliphatic carbocycles. The average molecular weight is 440 g/mol. The number of halogens is 3. The Kier molecular flexibility index (Phi) is 5.11. The number of hydrogen-bond donors (Lipinski definition) is 2. The number of aliphatic hydroxyl groups is 1. The maximum atomic E-state index is 13.7. The number of aryl methyl sites for hydroxylation is 1. The molecule has 1 fully saturated rings. The summed E-state index contributed by atoms with van der Waals surface area (Å²) < 4.78 is 67.6. The van der Waals surface area contributed by atoms with E-state index in [0.29, 0.717) is 34.8 Å². The highest BCUT2D eigenvalue weighted by molar-refractivity contribution is 7.90. The lowest BCUT2D eigenvalue weighted by Gasteiger charge is -2.24. The molecule has 9 heteroatoms. The number of aliphatic hydroxyl groups excluding tert-OH is 1. The van der Waals surface area contributed by atoms with Crippen molar-refractivity contribution >= 4 is 31.6 Å². The Morgan fingerprint density at radius 2 is 1.83 bits per heavy atom. The van der Waals surface area contributed by atoms with Crippen LogP contribution < -0.4 is 5.32 Å². The number of benzene rings is 2. The largest absolute Gasteiger partial charge is 0.417 e. The smallest absolute Gasteiger partial charge is 0.390 e. The standard InChI is InChI=1S/C21H23F3N2O3S/c1-12-5-6-16-13(8-12)14-9-15(21(22,23)24)20(30(2,28)29)10-18(14)26(16)17-4-3-7-25-11-19(17)27/h5-6,8-10,17,19,25,27H,3-4,7,11H2,1-2H3/t17?,19-/m0/s1. The highest BCUT2D eigenvalue weighted by Crippen LogP contribution is 2.42. The molecule has 1 aliphatic rings. The summed E-state index contributed by atoms with van der Waals surface area (Å²) in [5, 5.41) is 14.8. The SMILES string of the molecule is Cc1ccc2c(c1)c1cc(C(F)(F)F)c(S(C)(=O)=O)cc1n2C1CCCNC[C@@H]1O. The van der Waals surface area contributed by atoms with Crippen molar-refractivity contribution in [3.8, 4) is 0 Å². The van der Waals surface area contributed by atoms with Crippen LogP contribution in [0.4, 0.5) is 13.2 Å². The van der Waals surface area contributed by atoms with Crippen molar-refractivity contribution in [3.63, 3.8) is 0 Å². The van der Waals surface area contributed by atoms with E-state index in [9.17, 15) is 26.7 Å². The normalized spacial score (nSPS) is 21.3. The molecule has 0 spiro atoms. The third kappa shape index (κ3) is 3.59. The van der Waals surface area contributed by atoms with Crippen molar-refractivity contribution in [1.29, 1.82) is 0 Å². The summed E-state index contributed by atoms with van der Waals surface area (Å²) in [6.07, 6.45) is -3.37. The Hall–Kier alpha value is -2.10. The predicted molar refractivity (Wildman–Crippen MR) is 109 cm³/mol. The second-order valence-electron chi connectivity index (χ2n) is 8.01. The molecule has 1 aliphatic heterocycles. The summed E-state index contributed by atoms with van der Waals surface area (Å²) in [6.45, 7) is 2.94. The fraction of sp³-hybridized carbons (Fsp3) is 0.429. The Morgan fingerprint density at radius 1 is 1.13 bits per heavy atom. The molecule has 2 atom stereocenters. The van der Waals surface area contributed by atoms with E-state index in [1.165, 1.54) is 0 Å². The van der Waals surface area contributed by atoms with Crippen LogP contribution in [0.1, 0.15) is 30.0 Å². The van der Waals surface area contributed by atoms with Crippen molar-refractivity contribution in [2.75, 3.05) is 19.3 Å². The molecule has 0 saturated carbocycles.